The normalized spacial score (nSPS) is 21.2. The van der Waals surface area contributed by atoms with Crippen LogP contribution in [0.5, 0.6) is 0 Å². The van der Waals surface area contributed by atoms with Crippen molar-refractivity contribution in [2.24, 2.45) is 11.8 Å². The summed E-state index contributed by atoms with van der Waals surface area (Å²) in [6.07, 6.45) is 8.96. The average Bonchev–Trinajstić information content (AvgIpc) is 3.60. The highest BCUT2D eigenvalue weighted by molar-refractivity contribution is 7.83. The molecule has 0 radical (unpaired) electrons. The number of aromatic nitrogens is 2. The van der Waals surface area contributed by atoms with E-state index in [1.807, 2.05) is 39.8 Å². The Balaban J connectivity index is 1.77. The van der Waals surface area contributed by atoms with Crippen molar-refractivity contribution in [2.75, 3.05) is 0 Å². The van der Waals surface area contributed by atoms with E-state index in [1.54, 1.807) is 17.6 Å². The highest BCUT2D eigenvalue weighted by Crippen LogP contribution is 2.33. The van der Waals surface area contributed by atoms with Gasteiger partial charge in [0.25, 0.3) is 5.91 Å². The van der Waals surface area contributed by atoms with Crippen LogP contribution >= 0.6 is 12.6 Å². The quantitative estimate of drug-likeness (QED) is 0.138. The summed E-state index contributed by atoms with van der Waals surface area (Å²) in [5.41, 5.74) is 8.57. The molecule has 2 aliphatic rings. The Labute approximate surface area is 261 Å². The summed E-state index contributed by atoms with van der Waals surface area (Å²) in [6.45, 7) is 11.3. The molecule has 2 aromatic rings. The van der Waals surface area contributed by atoms with E-state index in [1.165, 1.54) is 0 Å². The number of hydrogen-bond acceptors (Lipinski definition) is 5. The zero-order valence-electron chi connectivity index (χ0n) is 25.2. The van der Waals surface area contributed by atoms with Crippen molar-refractivity contribution in [3.05, 3.63) is 92.1 Å². The number of hydrogen-bond donors (Lipinski definition) is 7. The fourth-order valence-electron chi connectivity index (χ4n) is 6.02. The van der Waals surface area contributed by atoms with Crippen LogP contribution in [0.3, 0.4) is 0 Å². The van der Waals surface area contributed by atoms with Gasteiger partial charge in [-0.3, -0.25) is 14.4 Å². The van der Waals surface area contributed by atoms with E-state index in [2.05, 4.69) is 39.8 Å². The number of allylic oxidation sites excluding steroid dienone is 1. The van der Waals surface area contributed by atoms with Crippen molar-refractivity contribution in [3.8, 4) is 0 Å². The van der Waals surface area contributed by atoms with E-state index in [0.29, 0.717) is 41.8 Å². The van der Waals surface area contributed by atoms with Gasteiger partial charge in [0.2, 0.25) is 5.91 Å². The smallest absolute Gasteiger partial charge is 0.328 e. The summed E-state index contributed by atoms with van der Waals surface area (Å²) < 4.78 is 0. The molecule has 232 valence electrons. The van der Waals surface area contributed by atoms with E-state index in [-0.39, 0.29) is 36.1 Å². The summed E-state index contributed by atoms with van der Waals surface area (Å²) in [5, 5.41) is 26.4. The minimum absolute atomic E-state index is 0.0599. The van der Waals surface area contributed by atoms with Gasteiger partial charge in [-0.05, 0) is 72.6 Å². The Morgan fingerprint density at radius 3 is 2.39 bits per heavy atom. The number of aromatic amines is 2. The third kappa shape index (κ3) is 6.67. The highest BCUT2D eigenvalue weighted by atomic mass is 32.1. The molecule has 11 heteroatoms. The third-order valence-electron chi connectivity index (χ3n) is 8.61. The standard InChI is InChI=1S/C33H38N4O6S/c1-6-20-16(2)26(36-33(20)43)13-24-17(3)21(7-9-30(38)39)27(34-24)15-28-22(8-10-31(40)41)18(4)25(35-28)14-29-23(11-12-44)19(5)32(42)37-29/h6,8,10-12,14,19,23,26,34-35,44H,1,7,9,13,15H2,2-5H3,(H,36,43)(H,37,42)(H,38,39)(H,40,41)/b10-8+,12-11-,29-14-/t19-,23-,26-/m1/s1. The summed E-state index contributed by atoms with van der Waals surface area (Å²) >= 11 is 4.19. The lowest BCUT2D eigenvalue weighted by Crippen LogP contribution is -2.30. The minimum Gasteiger partial charge on any atom is -0.481 e. The number of H-pyrrole nitrogens is 2. The number of aliphatic carboxylic acids is 2. The molecular formula is C33H38N4O6S. The lowest BCUT2D eigenvalue weighted by atomic mass is 9.94. The maximum absolute atomic E-state index is 12.4. The lowest BCUT2D eigenvalue weighted by molar-refractivity contribution is -0.137. The molecule has 0 unspecified atom stereocenters. The summed E-state index contributed by atoms with van der Waals surface area (Å²) in [4.78, 5) is 54.8. The molecule has 3 atom stereocenters. The molecular weight excluding hydrogens is 580 g/mol. The van der Waals surface area contributed by atoms with Crippen LogP contribution in [-0.2, 0) is 38.4 Å². The maximum Gasteiger partial charge on any atom is 0.328 e. The Morgan fingerprint density at radius 1 is 1.05 bits per heavy atom. The molecule has 0 spiro atoms. The molecule has 4 rings (SSSR count). The zero-order chi connectivity index (χ0) is 32.3. The number of carbonyl (C=O) groups excluding carboxylic acids is 2. The van der Waals surface area contributed by atoms with Crippen LogP contribution in [-0.4, -0.2) is 50.0 Å². The molecule has 6 N–H and O–H groups in total. The molecule has 44 heavy (non-hydrogen) atoms. The first-order valence-electron chi connectivity index (χ1n) is 14.4. The molecule has 1 saturated heterocycles. The van der Waals surface area contributed by atoms with Gasteiger partial charge in [-0.1, -0.05) is 25.7 Å². The van der Waals surface area contributed by atoms with Crippen molar-refractivity contribution in [1.29, 1.82) is 0 Å². The molecule has 10 nitrogen and oxygen atoms in total. The molecule has 0 saturated carbocycles. The minimum atomic E-state index is -1.09. The van der Waals surface area contributed by atoms with E-state index in [9.17, 15) is 29.4 Å². The summed E-state index contributed by atoms with van der Waals surface area (Å²) in [7, 11) is 0. The number of amides is 2. The maximum atomic E-state index is 12.4. The molecule has 0 aliphatic carbocycles. The van der Waals surface area contributed by atoms with Crippen LogP contribution in [0.1, 0.15) is 65.3 Å². The van der Waals surface area contributed by atoms with E-state index >= 15 is 0 Å². The Bertz CT molecular complexity index is 1650. The van der Waals surface area contributed by atoms with Crippen molar-refractivity contribution >= 4 is 48.5 Å². The fourth-order valence-corrected chi connectivity index (χ4v) is 6.20. The average molecular weight is 619 g/mol. The van der Waals surface area contributed by atoms with Gasteiger partial charge in [0, 0.05) is 71.2 Å². The van der Waals surface area contributed by atoms with Crippen LogP contribution in [0, 0.1) is 25.7 Å². The van der Waals surface area contributed by atoms with Gasteiger partial charge in [0.15, 0.2) is 0 Å². The first-order valence-corrected chi connectivity index (χ1v) is 14.9. The first-order chi connectivity index (χ1) is 20.9. The monoisotopic (exact) mass is 618 g/mol. The number of carboxylic acid groups (broad SMARTS) is 2. The first kappa shape index (κ1) is 32.4. The predicted molar refractivity (Wildman–Crippen MR) is 172 cm³/mol. The van der Waals surface area contributed by atoms with Crippen LogP contribution in [0.15, 0.2) is 47.1 Å². The van der Waals surface area contributed by atoms with Crippen molar-refractivity contribution in [2.45, 2.75) is 59.4 Å². The van der Waals surface area contributed by atoms with Gasteiger partial charge in [-0.2, -0.15) is 12.6 Å². The third-order valence-corrected chi connectivity index (χ3v) is 8.78. The lowest BCUT2D eigenvalue weighted by Gasteiger charge is -2.12. The number of carboxylic acids is 2. The molecule has 0 aromatic carbocycles. The Morgan fingerprint density at radius 2 is 1.77 bits per heavy atom. The van der Waals surface area contributed by atoms with Gasteiger partial charge in [-0.25, -0.2) is 4.79 Å². The number of rotatable bonds is 12. The molecule has 2 amide bonds. The summed E-state index contributed by atoms with van der Waals surface area (Å²) in [6, 6.07) is -0.226. The van der Waals surface area contributed by atoms with E-state index in [0.717, 1.165) is 45.4 Å². The van der Waals surface area contributed by atoms with E-state index in [4.69, 9.17) is 0 Å². The van der Waals surface area contributed by atoms with E-state index < -0.39 is 11.9 Å². The van der Waals surface area contributed by atoms with Crippen LogP contribution in [0.4, 0.5) is 0 Å². The summed E-state index contributed by atoms with van der Waals surface area (Å²) in [5.74, 6) is -2.72. The van der Waals surface area contributed by atoms with Crippen LogP contribution in [0.25, 0.3) is 12.2 Å². The van der Waals surface area contributed by atoms with Crippen molar-refractivity contribution in [1.82, 2.24) is 20.6 Å². The number of nitrogens with one attached hydrogen (secondary N) is 4. The zero-order valence-corrected chi connectivity index (χ0v) is 26.1. The van der Waals surface area contributed by atoms with Gasteiger partial charge in [0.05, 0.1) is 6.04 Å². The van der Waals surface area contributed by atoms with Crippen molar-refractivity contribution in [3.63, 3.8) is 0 Å². The predicted octanol–water partition coefficient (Wildman–Crippen LogP) is 4.38. The Kier molecular flexibility index (Phi) is 9.88. The van der Waals surface area contributed by atoms with Gasteiger partial charge in [-0.15, -0.1) is 0 Å². The number of thiol groups is 1. The number of carbonyl (C=O) groups is 4. The van der Waals surface area contributed by atoms with Gasteiger partial charge in [0.1, 0.15) is 0 Å². The second-order valence-corrected chi connectivity index (χ2v) is 11.6. The molecule has 2 aromatic heterocycles. The largest absolute Gasteiger partial charge is 0.481 e. The second-order valence-electron chi connectivity index (χ2n) is 11.3. The molecule has 0 bridgehead atoms. The Hall–Kier alpha value is -4.51. The fraction of sp³-hybridized carbons (Fsp3) is 0.333. The van der Waals surface area contributed by atoms with Crippen LogP contribution < -0.4 is 10.6 Å². The van der Waals surface area contributed by atoms with Crippen molar-refractivity contribution < 1.29 is 29.4 Å². The highest BCUT2D eigenvalue weighted by Gasteiger charge is 2.34. The SMILES string of the molecule is C=CC1=C(C)[C@@H](Cc2[nH]c(Cc3[nH]c(/C=C4\NC(=O)[C@H](C)[C@H]4/C=C\S)c(C)c3/C=C/C(=O)O)c(CCC(=O)O)c2C)NC1=O. The molecule has 1 fully saturated rings. The molecule has 4 heterocycles. The van der Waals surface area contributed by atoms with Gasteiger partial charge < -0.3 is 30.8 Å². The van der Waals surface area contributed by atoms with Gasteiger partial charge >= 0.3 is 11.9 Å². The topological polar surface area (TPSA) is 164 Å². The van der Waals surface area contributed by atoms with Crippen LogP contribution in [0.2, 0.25) is 0 Å². The second kappa shape index (κ2) is 13.4. The molecule has 2 aliphatic heterocycles.